The monoisotopic (exact) mass is 401 g/mol. The number of nitrogens with zero attached hydrogens (tertiary/aromatic N) is 1. The van der Waals surface area contributed by atoms with E-state index in [0.717, 1.165) is 32.1 Å². The summed E-state index contributed by atoms with van der Waals surface area (Å²) >= 11 is 0. The number of hydrogen-bond acceptors (Lipinski definition) is 4. The van der Waals surface area contributed by atoms with Crippen LogP contribution in [0.25, 0.3) is 0 Å². The summed E-state index contributed by atoms with van der Waals surface area (Å²) in [6.07, 6.45) is 5.35. The molecule has 29 heavy (non-hydrogen) atoms. The van der Waals surface area contributed by atoms with Gasteiger partial charge >= 0.3 is 0 Å². The molecule has 2 fully saturated rings. The molecule has 0 aromatic heterocycles. The average Bonchev–Trinajstić information content (AvgIpc) is 3.37. The Kier molecular flexibility index (Phi) is 7.63. The number of amides is 3. The number of nitrogens with one attached hydrogen (secondary N) is 2. The van der Waals surface area contributed by atoms with Crippen molar-refractivity contribution >= 4 is 23.4 Å². The fourth-order valence-corrected chi connectivity index (χ4v) is 4.12. The second-order valence-corrected chi connectivity index (χ2v) is 7.73. The molecule has 1 aromatic carbocycles. The van der Waals surface area contributed by atoms with Crippen LogP contribution in [0.15, 0.2) is 24.3 Å². The van der Waals surface area contributed by atoms with Gasteiger partial charge in [-0.3, -0.25) is 14.4 Å². The van der Waals surface area contributed by atoms with Crippen molar-refractivity contribution in [2.24, 2.45) is 5.92 Å². The van der Waals surface area contributed by atoms with E-state index in [9.17, 15) is 14.4 Å². The SMILES string of the molecule is CCOCCCNC(=O)c1ccccc1NC(=O)[C@@H]1CC(=O)N(C2CCCC2)C1. The largest absolute Gasteiger partial charge is 0.382 e. The minimum absolute atomic E-state index is 0.0670. The molecular weight excluding hydrogens is 370 g/mol. The van der Waals surface area contributed by atoms with Gasteiger partial charge in [0.05, 0.1) is 17.2 Å². The lowest BCUT2D eigenvalue weighted by Crippen LogP contribution is -2.35. The maximum Gasteiger partial charge on any atom is 0.253 e. The van der Waals surface area contributed by atoms with Crippen molar-refractivity contribution < 1.29 is 19.1 Å². The molecule has 158 valence electrons. The summed E-state index contributed by atoms with van der Waals surface area (Å²) in [7, 11) is 0. The highest BCUT2D eigenvalue weighted by atomic mass is 16.5. The standard InChI is InChI=1S/C22H31N3O4/c1-2-29-13-7-12-23-22(28)18-10-5-6-11-19(18)24-21(27)16-14-20(26)25(15-16)17-8-3-4-9-17/h5-6,10-11,16-17H,2-4,7-9,12-15H2,1H3,(H,23,28)(H,24,27)/t16-/m1/s1. The quantitative estimate of drug-likeness (QED) is 0.623. The van der Waals surface area contributed by atoms with Crippen molar-refractivity contribution in [3.05, 3.63) is 29.8 Å². The lowest BCUT2D eigenvalue weighted by molar-refractivity contribution is -0.129. The Morgan fingerprint density at radius 2 is 1.97 bits per heavy atom. The molecule has 1 aliphatic heterocycles. The van der Waals surface area contributed by atoms with Crippen LogP contribution in [0, 0.1) is 5.92 Å². The Morgan fingerprint density at radius 1 is 1.21 bits per heavy atom. The molecule has 0 spiro atoms. The van der Waals surface area contributed by atoms with Gasteiger partial charge < -0.3 is 20.3 Å². The number of para-hydroxylation sites is 1. The van der Waals surface area contributed by atoms with Crippen LogP contribution in [-0.2, 0) is 14.3 Å². The maximum absolute atomic E-state index is 12.8. The van der Waals surface area contributed by atoms with Crippen molar-refractivity contribution in [3.8, 4) is 0 Å². The zero-order chi connectivity index (χ0) is 20.6. The van der Waals surface area contributed by atoms with Crippen LogP contribution in [0.5, 0.6) is 0 Å². The second kappa shape index (κ2) is 10.4. The molecule has 1 saturated carbocycles. The average molecular weight is 402 g/mol. The van der Waals surface area contributed by atoms with Gasteiger partial charge in [0.25, 0.3) is 5.91 Å². The second-order valence-electron chi connectivity index (χ2n) is 7.73. The number of rotatable bonds is 9. The van der Waals surface area contributed by atoms with Crippen molar-refractivity contribution in [3.63, 3.8) is 0 Å². The fourth-order valence-electron chi connectivity index (χ4n) is 4.12. The molecule has 1 atom stereocenters. The first kappa shape index (κ1) is 21.3. The van der Waals surface area contributed by atoms with Crippen molar-refractivity contribution in [1.82, 2.24) is 10.2 Å². The molecule has 7 nitrogen and oxygen atoms in total. The van der Waals surface area contributed by atoms with Crippen LogP contribution < -0.4 is 10.6 Å². The van der Waals surface area contributed by atoms with Gasteiger partial charge in [0.1, 0.15) is 0 Å². The van der Waals surface area contributed by atoms with E-state index >= 15 is 0 Å². The van der Waals surface area contributed by atoms with E-state index in [0.29, 0.717) is 37.6 Å². The number of ether oxygens (including phenoxy) is 1. The van der Waals surface area contributed by atoms with Crippen LogP contribution in [0.1, 0.15) is 55.8 Å². The molecule has 2 N–H and O–H groups in total. The summed E-state index contributed by atoms with van der Waals surface area (Å²) in [4.78, 5) is 39.6. The van der Waals surface area contributed by atoms with E-state index in [1.165, 1.54) is 0 Å². The fraction of sp³-hybridized carbons (Fsp3) is 0.591. The van der Waals surface area contributed by atoms with Crippen molar-refractivity contribution in [1.29, 1.82) is 0 Å². The van der Waals surface area contributed by atoms with Crippen LogP contribution in [0.4, 0.5) is 5.69 Å². The highest BCUT2D eigenvalue weighted by Gasteiger charge is 2.38. The molecule has 0 unspecified atom stereocenters. The minimum atomic E-state index is -0.370. The van der Waals surface area contributed by atoms with E-state index in [1.54, 1.807) is 24.3 Å². The van der Waals surface area contributed by atoms with Crippen LogP contribution in [0.2, 0.25) is 0 Å². The number of likely N-dealkylation sites (tertiary alicyclic amines) is 1. The molecule has 1 aromatic rings. The first-order chi connectivity index (χ1) is 14.1. The molecule has 3 amide bonds. The number of anilines is 1. The smallest absolute Gasteiger partial charge is 0.253 e. The molecule has 0 radical (unpaired) electrons. The summed E-state index contributed by atoms with van der Waals surface area (Å²) < 4.78 is 5.27. The minimum Gasteiger partial charge on any atom is -0.382 e. The molecule has 1 heterocycles. The molecule has 2 aliphatic rings. The van der Waals surface area contributed by atoms with E-state index in [-0.39, 0.29) is 36.1 Å². The zero-order valence-corrected chi connectivity index (χ0v) is 17.1. The van der Waals surface area contributed by atoms with Crippen LogP contribution in [-0.4, -0.2) is 55.0 Å². The third-order valence-corrected chi connectivity index (χ3v) is 5.68. The van der Waals surface area contributed by atoms with Gasteiger partial charge in [-0.05, 0) is 38.3 Å². The lowest BCUT2D eigenvalue weighted by Gasteiger charge is -2.24. The van der Waals surface area contributed by atoms with Gasteiger partial charge in [-0.2, -0.15) is 0 Å². The van der Waals surface area contributed by atoms with Crippen molar-refractivity contribution in [2.45, 2.75) is 51.5 Å². The predicted molar refractivity (Wildman–Crippen MR) is 111 cm³/mol. The number of benzene rings is 1. The van der Waals surface area contributed by atoms with Gasteiger partial charge in [-0.1, -0.05) is 25.0 Å². The molecule has 3 rings (SSSR count). The Balaban J connectivity index is 1.56. The highest BCUT2D eigenvalue weighted by Crippen LogP contribution is 2.30. The number of carbonyl (C=O) groups is 3. The van der Waals surface area contributed by atoms with E-state index < -0.39 is 0 Å². The van der Waals surface area contributed by atoms with Gasteiger partial charge in [0, 0.05) is 38.8 Å². The van der Waals surface area contributed by atoms with Gasteiger partial charge in [-0.15, -0.1) is 0 Å². The zero-order valence-electron chi connectivity index (χ0n) is 17.1. The Labute approximate surface area is 172 Å². The van der Waals surface area contributed by atoms with E-state index in [2.05, 4.69) is 10.6 Å². The topological polar surface area (TPSA) is 87.7 Å². The normalized spacial score (nSPS) is 19.6. The van der Waals surface area contributed by atoms with E-state index in [1.807, 2.05) is 11.8 Å². The predicted octanol–water partition coefficient (Wildman–Crippen LogP) is 2.57. The summed E-state index contributed by atoms with van der Waals surface area (Å²) in [6.45, 7) is 4.17. The van der Waals surface area contributed by atoms with Gasteiger partial charge in [-0.25, -0.2) is 0 Å². The third kappa shape index (κ3) is 5.56. The highest BCUT2D eigenvalue weighted by molar-refractivity contribution is 6.05. The molecule has 7 heteroatoms. The summed E-state index contributed by atoms with van der Waals surface area (Å²) in [5.74, 6) is -0.731. The first-order valence-electron chi connectivity index (χ1n) is 10.7. The Bertz CT molecular complexity index is 731. The Morgan fingerprint density at radius 3 is 2.72 bits per heavy atom. The summed E-state index contributed by atoms with van der Waals surface area (Å²) in [5, 5.41) is 5.73. The summed E-state index contributed by atoms with van der Waals surface area (Å²) in [5.41, 5.74) is 0.904. The van der Waals surface area contributed by atoms with Crippen LogP contribution >= 0.6 is 0 Å². The van der Waals surface area contributed by atoms with Gasteiger partial charge in [0.15, 0.2) is 0 Å². The van der Waals surface area contributed by atoms with Crippen LogP contribution in [0.3, 0.4) is 0 Å². The molecular formula is C22H31N3O4. The summed E-state index contributed by atoms with van der Waals surface area (Å²) in [6, 6.07) is 7.25. The van der Waals surface area contributed by atoms with Crippen molar-refractivity contribution in [2.75, 3.05) is 31.6 Å². The first-order valence-corrected chi connectivity index (χ1v) is 10.7. The molecule has 0 bridgehead atoms. The lowest BCUT2D eigenvalue weighted by atomic mass is 10.1. The number of carbonyl (C=O) groups excluding carboxylic acids is 3. The molecule has 1 saturated heterocycles. The number of hydrogen-bond donors (Lipinski definition) is 2. The molecule has 1 aliphatic carbocycles. The van der Waals surface area contributed by atoms with E-state index in [4.69, 9.17) is 4.74 Å². The third-order valence-electron chi connectivity index (χ3n) is 5.68. The Hall–Kier alpha value is -2.41. The maximum atomic E-state index is 12.8. The van der Waals surface area contributed by atoms with Gasteiger partial charge in [0.2, 0.25) is 11.8 Å².